The maximum Gasteiger partial charge on any atom is 0.419 e. The van der Waals surface area contributed by atoms with Crippen molar-refractivity contribution in [3.63, 3.8) is 0 Å². The number of rotatable bonds is 22. The molecule has 22 heteroatoms. The van der Waals surface area contributed by atoms with E-state index in [1.807, 2.05) is 114 Å². The zero-order valence-electron chi connectivity index (χ0n) is 56.5. The second kappa shape index (κ2) is 28.9. The predicted molar refractivity (Wildman–Crippen MR) is 358 cm³/mol. The van der Waals surface area contributed by atoms with Gasteiger partial charge in [-0.25, -0.2) is 19.6 Å². The number of fused-ring (bicyclic) bond motifs is 4. The van der Waals surface area contributed by atoms with Crippen LogP contribution in [0.5, 0.6) is 11.5 Å². The SMILES string of the molecule is COC(=O)C(C)CC(c1c(OC)cc(C)c2c1ccn2C(=O)OC(C)(C)C)c1nc2cc(C#N)ccc2n1COCC[Si](C)(C)C.COC(=O)CCC(c1c(OC)cc(C)c2c1ccn2C(=O)OC(C)(C)C)c1nc2ccc(C#N)cc2n1COCC[Si](C)(C)C. The van der Waals surface area contributed by atoms with E-state index in [4.69, 9.17) is 47.9 Å². The highest BCUT2D eigenvalue weighted by Gasteiger charge is 2.35. The number of hydrogen-bond donors (Lipinski definition) is 0. The van der Waals surface area contributed by atoms with Gasteiger partial charge in [0.2, 0.25) is 0 Å². The van der Waals surface area contributed by atoms with Gasteiger partial charge in [-0.3, -0.25) is 18.7 Å². The first-order chi connectivity index (χ1) is 42.7. The number of ether oxygens (including phenoxy) is 8. The number of nitriles is 2. The molecule has 0 aliphatic heterocycles. The molecule has 0 saturated carbocycles. The van der Waals surface area contributed by atoms with Crippen molar-refractivity contribution in [2.75, 3.05) is 41.7 Å². The first-order valence-electron chi connectivity index (χ1n) is 30.7. The molecule has 0 aliphatic rings. The number of methoxy groups -OCH3 is 4. The van der Waals surface area contributed by atoms with Crippen LogP contribution in [0.1, 0.15) is 125 Å². The van der Waals surface area contributed by atoms with E-state index in [0.717, 1.165) is 56.1 Å². The summed E-state index contributed by atoms with van der Waals surface area (Å²) in [6.07, 6.45) is 3.23. The molecule has 0 N–H and O–H groups in total. The Labute approximate surface area is 536 Å². The molecule has 3 atom stereocenters. The molecule has 0 amide bonds. The minimum atomic E-state index is -1.34. The largest absolute Gasteiger partial charge is 0.496 e. The number of aromatic nitrogens is 6. The number of nitrogens with zero attached hydrogens (tertiary/aromatic N) is 8. The van der Waals surface area contributed by atoms with Gasteiger partial charge in [-0.2, -0.15) is 10.5 Å². The average Bonchev–Trinajstić information content (AvgIpc) is 1.65. The van der Waals surface area contributed by atoms with Crippen LogP contribution < -0.4 is 9.47 Å². The molecule has 4 heterocycles. The zero-order valence-corrected chi connectivity index (χ0v) is 58.5. The lowest BCUT2D eigenvalue weighted by Crippen LogP contribution is -2.27. The molecule has 0 fully saturated rings. The second-order valence-electron chi connectivity index (χ2n) is 27.5. The van der Waals surface area contributed by atoms with Crippen LogP contribution in [0, 0.1) is 42.4 Å². The molecule has 0 bridgehead atoms. The van der Waals surface area contributed by atoms with E-state index < -0.39 is 57.3 Å². The fourth-order valence-electron chi connectivity index (χ4n) is 11.1. The third-order valence-electron chi connectivity index (χ3n) is 15.6. The van der Waals surface area contributed by atoms with Crippen LogP contribution in [-0.2, 0) is 51.5 Å². The van der Waals surface area contributed by atoms with Crippen LogP contribution in [0.3, 0.4) is 0 Å². The van der Waals surface area contributed by atoms with E-state index in [9.17, 15) is 29.7 Å². The number of aryl methyl sites for hydroxylation is 2. The van der Waals surface area contributed by atoms with Gasteiger partial charge in [0.05, 0.1) is 90.7 Å². The molecule has 8 aromatic rings. The van der Waals surface area contributed by atoms with Gasteiger partial charge in [-0.15, -0.1) is 0 Å². The topological polar surface area (TPSA) is 235 Å². The van der Waals surface area contributed by atoms with Gasteiger partial charge < -0.3 is 47.0 Å². The molecule has 4 aromatic heterocycles. The Morgan fingerprint density at radius 2 is 1.05 bits per heavy atom. The van der Waals surface area contributed by atoms with E-state index in [1.165, 1.54) is 23.4 Å². The van der Waals surface area contributed by atoms with E-state index in [-0.39, 0.29) is 31.8 Å². The van der Waals surface area contributed by atoms with Crippen LogP contribution >= 0.6 is 0 Å². The zero-order chi connectivity index (χ0) is 67.1. The van der Waals surface area contributed by atoms with Gasteiger partial charge in [0.15, 0.2) is 0 Å². The lowest BCUT2D eigenvalue weighted by molar-refractivity contribution is -0.145. The standard InChI is InChI=1S/C35H46N4O6Si.C34H44N4O6Si/c1-22-18-29(42-6)30(25-13-14-38(31(22)25)34(41)45-35(3,4)5)26(17-23(2)33(40)43-7)32-37-27-19-24(20-36)11-12-28(27)39(32)21-44-15-16-46(8,9)10;1-22-18-28(41-5)30(24-14-15-37(31(22)24)33(40)44-34(2,3)4)25(11-13-29(39)42-6)32-36-26-12-10-23(20-35)19-27(26)38(32)21-43-16-17-45(7,8)9/h11-14,18-19,23,26H,15-17,21H2,1-10H3;10,12,14-15,18-19,25H,11,13,16-17,21H2,1-9H3. The number of benzene rings is 4. The molecule has 91 heavy (non-hydrogen) atoms. The Bertz CT molecular complexity index is 4060. The van der Waals surface area contributed by atoms with Gasteiger partial charge in [-0.05, 0) is 152 Å². The van der Waals surface area contributed by atoms with Crippen molar-refractivity contribution in [1.29, 1.82) is 10.5 Å². The molecule has 0 aliphatic carbocycles. The van der Waals surface area contributed by atoms with Crippen molar-refractivity contribution >= 4 is 84.1 Å². The van der Waals surface area contributed by atoms with E-state index in [0.29, 0.717) is 82.4 Å². The van der Waals surface area contributed by atoms with Gasteiger partial charge in [0.25, 0.3) is 0 Å². The molecule has 0 spiro atoms. The number of carbonyl (C=O) groups is 4. The third-order valence-corrected chi connectivity index (χ3v) is 19.0. The van der Waals surface area contributed by atoms with Crippen molar-refractivity contribution in [2.24, 2.45) is 5.92 Å². The molecule has 20 nitrogen and oxygen atoms in total. The van der Waals surface area contributed by atoms with Crippen molar-refractivity contribution in [1.82, 2.24) is 28.2 Å². The number of imidazole rings is 2. The van der Waals surface area contributed by atoms with E-state index in [2.05, 4.69) is 51.4 Å². The predicted octanol–water partition coefficient (Wildman–Crippen LogP) is 15.0. The van der Waals surface area contributed by atoms with Gasteiger partial charge in [0, 0.05) is 81.9 Å². The smallest absolute Gasteiger partial charge is 0.419 e. The average molecular weight is 1280 g/mol. The summed E-state index contributed by atoms with van der Waals surface area (Å²) in [7, 11) is 3.29. The molecule has 0 saturated heterocycles. The maximum atomic E-state index is 13.3. The van der Waals surface area contributed by atoms with Gasteiger partial charge in [0.1, 0.15) is 47.8 Å². The summed E-state index contributed by atoms with van der Waals surface area (Å²) in [5.41, 5.74) is 7.14. The van der Waals surface area contributed by atoms with Crippen molar-refractivity contribution in [3.05, 3.63) is 118 Å². The third kappa shape index (κ3) is 17.0. The Hall–Kier alpha value is -8.29. The maximum absolute atomic E-state index is 13.3. The van der Waals surface area contributed by atoms with Gasteiger partial charge >= 0.3 is 24.1 Å². The summed E-state index contributed by atoms with van der Waals surface area (Å²) in [4.78, 5) is 62.2. The minimum absolute atomic E-state index is 0.121. The van der Waals surface area contributed by atoms with Crippen LogP contribution in [0.25, 0.3) is 43.9 Å². The lowest BCUT2D eigenvalue weighted by atomic mass is 9.85. The van der Waals surface area contributed by atoms with E-state index in [1.54, 1.807) is 44.8 Å². The van der Waals surface area contributed by atoms with Crippen LogP contribution in [0.4, 0.5) is 9.59 Å². The summed E-state index contributed by atoms with van der Waals surface area (Å²) in [5.74, 6) is 0.370. The summed E-state index contributed by atoms with van der Waals surface area (Å²) in [6, 6.07) is 24.8. The van der Waals surface area contributed by atoms with E-state index >= 15 is 0 Å². The van der Waals surface area contributed by atoms with Crippen LogP contribution in [-0.4, -0.2) is 121 Å². The Kier molecular flexibility index (Phi) is 22.3. The molecular weight excluding hydrogens is 1190 g/mol. The first kappa shape index (κ1) is 70.2. The Balaban J connectivity index is 0.000000259. The number of esters is 2. The van der Waals surface area contributed by atoms with Crippen molar-refractivity contribution in [2.45, 2.75) is 169 Å². The highest BCUT2D eigenvalue weighted by molar-refractivity contribution is 6.76. The highest BCUT2D eigenvalue weighted by Crippen LogP contribution is 2.45. The molecule has 4 aromatic carbocycles. The van der Waals surface area contributed by atoms with Crippen molar-refractivity contribution in [3.8, 4) is 23.6 Å². The summed E-state index contributed by atoms with van der Waals surface area (Å²) in [6.45, 7) is 32.1. The Morgan fingerprint density at radius 3 is 1.52 bits per heavy atom. The lowest BCUT2D eigenvalue weighted by Gasteiger charge is -2.25. The minimum Gasteiger partial charge on any atom is -0.496 e. The molecule has 8 rings (SSSR count). The Morgan fingerprint density at radius 1 is 0.593 bits per heavy atom. The van der Waals surface area contributed by atoms with Crippen LogP contribution in [0.15, 0.2) is 73.1 Å². The number of hydrogen-bond acceptors (Lipinski definition) is 16. The molecule has 486 valence electrons. The summed E-state index contributed by atoms with van der Waals surface area (Å²) < 4.78 is 53.1. The second-order valence-corrected chi connectivity index (χ2v) is 38.7. The number of carbonyl (C=O) groups excluding carboxylic acids is 4. The highest BCUT2D eigenvalue weighted by atomic mass is 28.3. The molecular formula is C69H90N8O12Si2. The summed E-state index contributed by atoms with van der Waals surface area (Å²) in [5, 5.41) is 20.9. The quantitative estimate of drug-likeness (QED) is 0.0265. The monoisotopic (exact) mass is 1280 g/mol. The molecule has 3 unspecified atom stereocenters. The van der Waals surface area contributed by atoms with Gasteiger partial charge in [-0.1, -0.05) is 46.2 Å². The fourth-order valence-corrected chi connectivity index (χ4v) is 12.6. The van der Waals surface area contributed by atoms with Crippen molar-refractivity contribution < 1.29 is 57.1 Å². The van der Waals surface area contributed by atoms with Crippen LogP contribution in [0.2, 0.25) is 51.4 Å². The normalized spacial score (nSPS) is 13.1. The first-order valence-corrected chi connectivity index (χ1v) is 38.1. The fraction of sp³-hybridized carbons (Fsp3) is 0.478. The summed E-state index contributed by atoms with van der Waals surface area (Å²) >= 11 is 0. The molecule has 0 radical (unpaired) electrons.